The summed E-state index contributed by atoms with van der Waals surface area (Å²) in [6, 6.07) is 8.21. The topological polar surface area (TPSA) is 104 Å². The molecule has 0 aliphatic heterocycles. The van der Waals surface area contributed by atoms with E-state index in [0.717, 1.165) is 0 Å². The van der Waals surface area contributed by atoms with E-state index < -0.39 is 28.0 Å². The Morgan fingerprint density at radius 2 is 1.88 bits per heavy atom. The molecule has 0 aromatic heterocycles. The molecule has 25 heavy (non-hydrogen) atoms. The van der Waals surface area contributed by atoms with Crippen molar-refractivity contribution < 1.29 is 24.0 Å². The number of carbonyl (C=O) groups excluding carboxylic acids is 3. The maximum Gasteiger partial charge on any atom is 0.346 e. The summed E-state index contributed by atoms with van der Waals surface area (Å²) in [7, 11) is 0. The van der Waals surface area contributed by atoms with Crippen molar-refractivity contribution in [1.82, 2.24) is 0 Å². The first-order valence-electron chi connectivity index (χ1n) is 7.18. The molecule has 1 aliphatic carbocycles. The Morgan fingerprint density at radius 3 is 2.52 bits per heavy atom. The van der Waals surface area contributed by atoms with Crippen LogP contribution in [0.2, 0.25) is 0 Å². The number of halogens is 1. The molecule has 1 aliphatic rings. The van der Waals surface area contributed by atoms with Crippen molar-refractivity contribution in [2.24, 2.45) is 0 Å². The first-order chi connectivity index (χ1) is 11.8. The van der Waals surface area contributed by atoms with Gasteiger partial charge < -0.3 is 4.74 Å². The van der Waals surface area contributed by atoms with Crippen LogP contribution in [-0.4, -0.2) is 28.0 Å². The lowest BCUT2D eigenvalue weighted by Gasteiger charge is -2.08. The molecule has 8 heteroatoms. The van der Waals surface area contributed by atoms with Gasteiger partial charge in [0.25, 0.3) is 5.69 Å². The van der Waals surface area contributed by atoms with Crippen LogP contribution in [0.25, 0.3) is 11.1 Å². The summed E-state index contributed by atoms with van der Waals surface area (Å²) in [4.78, 5) is 46.6. The van der Waals surface area contributed by atoms with E-state index in [1.165, 1.54) is 43.3 Å². The molecule has 0 fully saturated rings. The molecule has 0 saturated heterocycles. The van der Waals surface area contributed by atoms with Gasteiger partial charge in [0.05, 0.1) is 10.5 Å². The minimum Gasteiger partial charge on any atom is -0.388 e. The van der Waals surface area contributed by atoms with Crippen molar-refractivity contribution in [2.45, 2.75) is 12.3 Å². The van der Waals surface area contributed by atoms with E-state index in [0.29, 0.717) is 5.56 Å². The largest absolute Gasteiger partial charge is 0.388 e. The van der Waals surface area contributed by atoms with Crippen molar-refractivity contribution in [3.8, 4) is 11.1 Å². The van der Waals surface area contributed by atoms with Gasteiger partial charge >= 0.3 is 11.9 Å². The van der Waals surface area contributed by atoms with E-state index in [9.17, 15) is 24.5 Å². The van der Waals surface area contributed by atoms with Gasteiger partial charge in [0.1, 0.15) is 5.38 Å². The third-order valence-corrected chi connectivity index (χ3v) is 3.95. The van der Waals surface area contributed by atoms with Gasteiger partial charge in [0, 0.05) is 28.8 Å². The normalized spacial score (nSPS) is 13.0. The lowest BCUT2D eigenvalue weighted by Crippen LogP contribution is -2.19. The molecular formula is C17H10ClNO6. The molecule has 0 amide bonds. The summed E-state index contributed by atoms with van der Waals surface area (Å²) in [5, 5.41) is 9.91. The number of rotatable bonds is 3. The second kappa shape index (κ2) is 6.10. The Labute approximate surface area is 146 Å². The molecular weight excluding hydrogens is 350 g/mol. The molecule has 0 heterocycles. The number of fused-ring (bicyclic) bond motifs is 3. The zero-order valence-corrected chi connectivity index (χ0v) is 13.6. The molecule has 0 unspecified atom stereocenters. The average molecular weight is 360 g/mol. The van der Waals surface area contributed by atoms with Crippen LogP contribution in [-0.2, 0) is 9.53 Å². The molecule has 0 N–H and O–H groups in total. The first kappa shape index (κ1) is 16.8. The van der Waals surface area contributed by atoms with Gasteiger partial charge in [0.2, 0.25) is 0 Å². The molecule has 7 nitrogen and oxygen atoms in total. The summed E-state index contributed by atoms with van der Waals surface area (Å²) in [6.07, 6.45) is 0. The summed E-state index contributed by atoms with van der Waals surface area (Å²) in [5.41, 5.74) is 0.805. The Hall–Kier alpha value is -3.06. The highest BCUT2D eigenvalue weighted by atomic mass is 35.5. The Morgan fingerprint density at radius 1 is 1.16 bits per heavy atom. The van der Waals surface area contributed by atoms with Gasteiger partial charge in [-0.3, -0.25) is 14.9 Å². The number of hydrogen-bond acceptors (Lipinski definition) is 6. The lowest BCUT2D eigenvalue weighted by atomic mass is 9.99. The quantitative estimate of drug-likeness (QED) is 0.234. The number of ketones is 1. The fourth-order valence-corrected chi connectivity index (χ4v) is 2.67. The molecule has 0 saturated carbocycles. The predicted octanol–water partition coefficient (Wildman–Crippen LogP) is 3.12. The van der Waals surface area contributed by atoms with Crippen LogP contribution in [0.1, 0.15) is 33.2 Å². The number of non-ortho nitro benzene ring substituents is 1. The fraction of sp³-hybridized carbons (Fsp3) is 0.118. The summed E-state index contributed by atoms with van der Waals surface area (Å²) in [6.45, 7) is 1.37. The van der Waals surface area contributed by atoms with Gasteiger partial charge in [-0.1, -0.05) is 12.1 Å². The predicted molar refractivity (Wildman–Crippen MR) is 87.7 cm³/mol. The van der Waals surface area contributed by atoms with Crippen LogP contribution >= 0.6 is 11.6 Å². The standard InChI is InChI=1S/C17H10ClNO6/c1-8(18)16(21)25-17(22)12-4-2-3-11-14(12)10-6-5-9(19(23)24)7-13(10)15(11)20/h2-8H,1H3/t8-/m0/s1. The number of alkyl halides is 1. The van der Waals surface area contributed by atoms with Crippen molar-refractivity contribution in [2.75, 3.05) is 0 Å². The van der Waals surface area contributed by atoms with E-state index in [1.807, 2.05) is 0 Å². The Bertz CT molecular complexity index is 950. The third-order valence-electron chi connectivity index (χ3n) is 3.78. The van der Waals surface area contributed by atoms with Gasteiger partial charge in [-0.05, 0) is 24.6 Å². The van der Waals surface area contributed by atoms with Crippen molar-refractivity contribution >= 4 is 35.0 Å². The van der Waals surface area contributed by atoms with Crippen LogP contribution in [0.4, 0.5) is 5.69 Å². The van der Waals surface area contributed by atoms with E-state index in [1.54, 1.807) is 0 Å². The van der Waals surface area contributed by atoms with Crippen LogP contribution in [0.5, 0.6) is 0 Å². The number of benzene rings is 2. The highest BCUT2D eigenvalue weighted by molar-refractivity contribution is 6.30. The Balaban J connectivity index is 2.11. The number of esters is 2. The van der Waals surface area contributed by atoms with Gasteiger partial charge in [0.15, 0.2) is 5.78 Å². The zero-order valence-electron chi connectivity index (χ0n) is 12.8. The van der Waals surface area contributed by atoms with E-state index in [-0.39, 0.29) is 27.9 Å². The minimum absolute atomic E-state index is 0.0177. The third kappa shape index (κ3) is 2.78. The number of ether oxygens (including phenoxy) is 1. The van der Waals surface area contributed by atoms with Crippen LogP contribution in [0.3, 0.4) is 0 Å². The highest BCUT2D eigenvalue weighted by Crippen LogP contribution is 2.40. The maximum atomic E-state index is 12.5. The first-order valence-corrected chi connectivity index (χ1v) is 7.61. The number of nitro groups is 1. The van der Waals surface area contributed by atoms with Crippen LogP contribution in [0.15, 0.2) is 36.4 Å². The smallest absolute Gasteiger partial charge is 0.346 e. The molecule has 126 valence electrons. The molecule has 2 aromatic carbocycles. The van der Waals surface area contributed by atoms with E-state index in [2.05, 4.69) is 0 Å². The molecule has 0 spiro atoms. The molecule has 2 aromatic rings. The van der Waals surface area contributed by atoms with Crippen molar-refractivity contribution in [3.63, 3.8) is 0 Å². The summed E-state index contributed by atoms with van der Waals surface area (Å²) >= 11 is 5.58. The number of nitrogens with zero attached hydrogens (tertiary/aromatic N) is 1. The van der Waals surface area contributed by atoms with E-state index >= 15 is 0 Å². The molecule has 0 bridgehead atoms. The molecule has 0 radical (unpaired) electrons. The van der Waals surface area contributed by atoms with Crippen LogP contribution < -0.4 is 0 Å². The van der Waals surface area contributed by atoms with Gasteiger partial charge in [-0.15, -0.1) is 11.6 Å². The number of nitro benzene ring substituents is 1. The molecule has 1 atom stereocenters. The van der Waals surface area contributed by atoms with Crippen molar-refractivity contribution in [3.05, 3.63) is 63.2 Å². The van der Waals surface area contributed by atoms with Crippen molar-refractivity contribution in [1.29, 1.82) is 0 Å². The zero-order chi connectivity index (χ0) is 18.3. The average Bonchev–Trinajstić information content (AvgIpc) is 2.87. The highest BCUT2D eigenvalue weighted by Gasteiger charge is 2.33. The SMILES string of the molecule is C[C@H](Cl)C(=O)OC(=O)c1cccc2c1-c1ccc([N+](=O)[O-])cc1C2=O. The molecule has 3 rings (SSSR count). The summed E-state index contributed by atoms with van der Waals surface area (Å²) < 4.78 is 4.71. The lowest BCUT2D eigenvalue weighted by molar-refractivity contribution is -0.384. The monoisotopic (exact) mass is 359 g/mol. The second-order valence-electron chi connectivity index (χ2n) is 5.37. The van der Waals surface area contributed by atoms with E-state index in [4.69, 9.17) is 16.3 Å². The van der Waals surface area contributed by atoms with Gasteiger partial charge in [-0.2, -0.15) is 0 Å². The summed E-state index contributed by atoms with van der Waals surface area (Å²) in [5.74, 6) is -2.27. The van der Waals surface area contributed by atoms with Crippen LogP contribution in [0, 0.1) is 10.1 Å². The van der Waals surface area contributed by atoms with Gasteiger partial charge in [-0.25, -0.2) is 9.59 Å². The minimum atomic E-state index is -1.00. The fourth-order valence-electron chi connectivity index (χ4n) is 2.63. The second-order valence-corrected chi connectivity index (χ2v) is 6.02. The maximum absolute atomic E-state index is 12.5. The number of hydrogen-bond donors (Lipinski definition) is 0. The number of carbonyl (C=O) groups is 3. The Kier molecular flexibility index (Phi) is 4.10.